The quantitative estimate of drug-likeness (QED) is 0.208. The molecule has 0 spiro atoms. The zero-order valence-corrected chi connectivity index (χ0v) is 17.9. The van der Waals surface area contributed by atoms with E-state index in [-0.39, 0.29) is 22.4 Å². The molecule has 1 heterocycles. The summed E-state index contributed by atoms with van der Waals surface area (Å²) in [5.74, 6) is 2.43. The van der Waals surface area contributed by atoms with Crippen LogP contribution < -0.4 is 0 Å². The van der Waals surface area contributed by atoms with Gasteiger partial charge in [0.05, 0.1) is 5.56 Å². The largest absolute Gasteiger partial charge is 0.442 e. The van der Waals surface area contributed by atoms with Crippen LogP contribution in [0.4, 0.5) is 0 Å². The van der Waals surface area contributed by atoms with Crippen LogP contribution in [0.1, 0.15) is 42.6 Å². The van der Waals surface area contributed by atoms with Gasteiger partial charge in [-0.3, -0.25) is 0 Å². The molecule has 3 aromatic rings. The molecule has 29 heavy (non-hydrogen) atoms. The van der Waals surface area contributed by atoms with E-state index < -0.39 is 5.60 Å². The number of carbonyl (C=O) groups is 1. The molecule has 1 aliphatic rings. The van der Waals surface area contributed by atoms with Crippen molar-refractivity contribution in [1.29, 1.82) is 0 Å². The van der Waals surface area contributed by atoms with Crippen molar-refractivity contribution in [1.82, 2.24) is 0 Å². The number of hydrogen-bond acceptors (Lipinski definition) is 2. The second-order valence-corrected chi connectivity index (χ2v) is 9.78. The van der Waals surface area contributed by atoms with Crippen molar-refractivity contribution in [2.75, 3.05) is 0 Å². The minimum Gasteiger partial charge on any atom is -0.442 e. The van der Waals surface area contributed by atoms with E-state index in [2.05, 4.69) is 55.5 Å². The van der Waals surface area contributed by atoms with E-state index in [4.69, 9.17) is 11.2 Å². The SMILES string of the molecule is C#CC(C)(OC(=O)c1ccc(-[s+]2cc(C)c3ccccc32)cc1)C1C=C(C)CC1. The lowest BCUT2D eigenvalue weighted by molar-refractivity contribution is -0.000693. The third kappa shape index (κ3) is 3.61. The summed E-state index contributed by atoms with van der Waals surface area (Å²) in [6.45, 7) is 6.08. The van der Waals surface area contributed by atoms with Crippen molar-refractivity contribution < 1.29 is 9.53 Å². The van der Waals surface area contributed by atoms with Crippen molar-refractivity contribution >= 4 is 26.5 Å². The van der Waals surface area contributed by atoms with Crippen molar-refractivity contribution in [3.63, 3.8) is 0 Å². The fourth-order valence-corrected chi connectivity index (χ4v) is 6.13. The van der Waals surface area contributed by atoms with Gasteiger partial charge in [0.2, 0.25) is 0 Å². The van der Waals surface area contributed by atoms with Crippen LogP contribution in [0.5, 0.6) is 0 Å². The summed E-state index contributed by atoms with van der Waals surface area (Å²) < 4.78 is 7.15. The Balaban J connectivity index is 1.57. The van der Waals surface area contributed by atoms with E-state index in [0.29, 0.717) is 5.56 Å². The Morgan fingerprint density at radius 3 is 2.55 bits per heavy atom. The average molecular weight is 402 g/mol. The number of esters is 1. The van der Waals surface area contributed by atoms with Crippen LogP contribution in [0.15, 0.2) is 65.6 Å². The smallest absolute Gasteiger partial charge is 0.339 e. The Morgan fingerprint density at radius 2 is 1.90 bits per heavy atom. The first-order valence-corrected chi connectivity index (χ1v) is 11.2. The maximum Gasteiger partial charge on any atom is 0.339 e. The summed E-state index contributed by atoms with van der Waals surface area (Å²) in [5.41, 5.74) is 2.22. The van der Waals surface area contributed by atoms with Crippen LogP contribution in [0.3, 0.4) is 0 Å². The maximum absolute atomic E-state index is 12.8. The molecule has 0 amide bonds. The molecule has 0 aliphatic heterocycles. The van der Waals surface area contributed by atoms with Gasteiger partial charge in [-0.15, -0.1) is 6.42 Å². The summed E-state index contributed by atoms with van der Waals surface area (Å²) >= 11 is 0. The Hall–Kier alpha value is -2.83. The number of terminal acetylenes is 1. The second-order valence-electron chi connectivity index (χ2n) is 7.96. The normalized spacial score (nSPS) is 18.8. The molecule has 2 nitrogen and oxygen atoms in total. The van der Waals surface area contributed by atoms with Gasteiger partial charge < -0.3 is 4.74 Å². The van der Waals surface area contributed by atoms with Gasteiger partial charge in [-0.05, 0) is 70.0 Å². The average Bonchev–Trinajstić information content (AvgIpc) is 3.32. The monoisotopic (exact) mass is 401 g/mol. The Labute approximate surface area is 175 Å². The van der Waals surface area contributed by atoms with Crippen molar-refractivity contribution in [2.45, 2.75) is 39.2 Å². The van der Waals surface area contributed by atoms with Crippen molar-refractivity contribution in [2.24, 2.45) is 5.92 Å². The van der Waals surface area contributed by atoms with Gasteiger partial charge in [-0.1, -0.05) is 29.7 Å². The number of aryl methyl sites for hydroxylation is 1. The van der Waals surface area contributed by atoms with E-state index in [1.165, 1.54) is 26.1 Å². The highest BCUT2D eigenvalue weighted by Gasteiger charge is 2.37. The number of fused-ring (bicyclic) bond motifs is 1. The molecule has 4 rings (SSSR count). The zero-order chi connectivity index (χ0) is 20.6. The number of hydrogen-bond donors (Lipinski definition) is 0. The molecule has 0 radical (unpaired) electrons. The zero-order valence-electron chi connectivity index (χ0n) is 17.1. The van der Waals surface area contributed by atoms with Crippen molar-refractivity contribution in [3.8, 4) is 17.2 Å². The summed E-state index contributed by atoms with van der Waals surface area (Å²) in [6, 6.07) is 16.3. The molecule has 0 fully saturated rings. The van der Waals surface area contributed by atoms with Gasteiger partial charge in [0.15, 0.2) is 15.2 Å². The Morgan fingerprint density at radius 1 is 1.17 bits per heavy atom. The minimum absolute atomic E-state index is 0.0697. The maximum atomic E-state index is 12.8. The van der Waals surface area contributed by atoms with Gasteiger partial charge in [0.25, 0.3) is 0 Å². The number of ether oxygens (including phenoxy) is 1. The highest BCUT2D eigenvalue weighted by Crippen LogP contribution is 2.42. The predicted molar refractivity (Wildman–Crippen MR) is 122 cm³/mol. The van der Waals surface area contributed by atoms with Crippen LogP contribution in [-0.2, 0) is 4.74 Å². The number of allylic oxidation sites excluding steroid dienone is 1. The molecule has 0 saturated carbocycles. The minimum atomic E-state index is -0.917. The first kappa shape index (κ1) is 19.5. The molecule has 146 valence electrons. The first-order valence-electron chi connectivity index (χ1n) is 9.90. The topological polar surface area (TPSA) is 26.3 Å². The molecule has 1 aliphatic carbocycles. The van der Waals surface area contributed by atoms with Gasteiger partial charge in [-0.2, -0.15) is 0 Å². The fraction of sp³-hybridized carbons (Fsp3) is 0.269. The first-order chi connectivity index (χ1) is 13.9. The van der Waals surface area contributed by atoms with E-state index >= 15 is 0 Å². The lowest BCUT2D eigenvalue weighted by Crippen LogP contribution is -2.36. The number of carbonyl (C=O) groups excluding carboxylic acids is 1. The number of benzene rings is 2. The molecule has 0 saturated heterocycles. The van der Waals surface area contributed by atoms with Gasteiger partial charge in [0.1, 0.15) is 5.38 Å². The highest BCUT2D eigenvalue weighted by molar-refractivity contribution is 7.43. The van der Waals surface area contributed by atoms with Crippen LogP contribution in [0, 0.1) is 25.2 Å². The highest BCUT2D eigenvalue weighted by atomic mass is 32.2. The van der Waals surface area contributed by atoms with E-state index in [9.17, 15) is 4.79 Å². The van der Waals surface area contributed by atoms with Crippen molar-refractivity contribution in [3.05, 3.63) is 76.7 Å². The van der Waals surface area contributed by atoms with E-state index in [1.54, 1.807) is 0 Å². The van der Waals surface area contributed by atoms with Crippen LogP contribution >= 0.6 is 10.5 Å². The van der Waals surface area contributed by atoms with Gasteiger partial charge in [0, 0.05) is 27.3 Å². The summed E-state index contributed by atoms with van der Waals surface area (Å²) in [6.07, 6.45) is 9.83. The predicted octanol–water partition coefficient (Wildman–Crippen LogP) is 6.79. The fourth-order valence-electron chi connectivity index (χ4n) is 4.01. The summed E-state index contributed by atoms with van der Waals surface area (Å²) in [7, 11) is -0.0980. The molecular formula is C26H25O2S+. The van der Waals surface area contributed by atoms with Crippen LogP contribution in [-0.4, -0.2) is 11.6 Å². The Kier molecular flexibility index (Phi) is 5.06. The molecule has 3 heteroatoms. The summed E-state index contributed by atoms with van der Waals surface area (Å²) in [5, 5.41) is 3.62. The molecule has 0 N–H and O–H groups in total. The molecule has 2 aromatic carbocycles. The van der Waals surface area contributed by atoms with E-state index in [0.717, 1.165) is 12.8 Å². The van der Waals surface area contributed by atoms with E-state index in [1.807, 2.05) is 31.2 Å². The third-order valence-electron chi connectivity index (χ3n) is 5.82. The number of thiophene rings is 1. The van der Waals surface area contributed by atoms with Crippen LogP contribution in [0.25, 0.3) is 15.0 Å². The van der Waals surface area contributed by atoms with Gasteiger partial charge in [-0.25, -0.2) is 4.79 Å². The molecular weight excluding hydrogens is 376 g/mol. The lowest BCUT2D eigenvalue weighted by Gasteiger charge is -2.29. The number of rotatable bonds is 4. The lowest BCUT2D eigenvalue weighted by atomic mass is 9.89. The summed E-state index contributed by atoms with van der Waals surface area (Å²) in [4.78, 5) is 14.0. The molecule has 1 aromatic heterocycles. The molecule has 3 unspecified atom stereocenters. The third-order valence-corrected chi connectivity index (χ3v) is 8.02. The molecule has 0 bridgehead atoms. The van der Waals surface area contributed by atoms with Crippen LogP contribution in [0.2, 0.25) is 0 Å². The standard InChI is InChI=1S/C26H25O2S/c1-5-26(4,21-13-10-18(2)16-21)28-25(27)20-11-14-22(15-12-20)29-17-19(3)23-8-6-7-9-24(23)29/h1,6-9,11-12,14-17,21H,10,13H2,2-4H3/q+1. The van der Waals surface area contributed by atoms with Gasteiger partial charge >= 0.3 is 5.97 Å². The molecule has 3 atom stereocenters. The second kappa shape index (κ2) is 7.54. The Bertz CT molecular complexity index is 1140.